The minimum atomic E-state index is -4.38. The van der Waals surface area contributed by atoms with Crippen LogP contribution in [0.2, 0.25) is 0 Å². The number of nitro groups is 1. The molecule has 1 aliphatic carbocycles. The molecule has 10 nitrogen and oxygen atoms in total. The molecule has 1 unspecified atom stereocenters. The molecule has 0 saturated heterocycles. The Labute approximate surface area is 238 Å². The van der Waals surface area contributed by atoms with Crippen LogP contribution in [0.25, 0.3) is 0 Å². The van der Waals surface area contributed by atoms with Crippen molar-refractivity contribution < 1.29 is 27.3 Å². The summed E-state index contributed by atoms with van der Waals surface area (Å²) < 4.78 is 43.0. The minimum Gasteiger partial charge on any atom is -0.352 e. The Hall–Kier alpha value is -4.32. The quantitative estimate of drug-likeness (QED) is 0.263. The highest BCUT2D eigenvalue weighted by Crippen LogP contribution is 2.28. The Bertz CT molecular complexity index is 1510. The highest BCUT2D eigenvalue weighted by Gasteiger charge is 2.34. The third kappa shape index (κ3) is 7.07. The molecule has 1 aliphatic rings. The fourth-order valence-corrected chi connectivity index (χ4v) is 6.22. The first-order valence-electron chi connectivity index (χ1n) is 13.2. The van der Waals surface area contributed by atoms with Gasteiger partial charge >= 0.3 is 0 Å². The van der Waals surface area contributed by atoms with Crippen LogP contribution in [0, 0.1) is 15.9 Å². The van der Waals surface area contributed by atoms with Crippen molar-refractivity contribution in [3.8, 4) is 0 Å². The minimum absolute atomic E-state index is 0.0322. The summed E-state index contributed by atoms with van der Waals surface area (Å²) in [6.45, 7) is 0.430. The number of carbonyl (C=O) groups is 2. The normalized spacial score (nSPS) is 14.3. The maximum absolute atomic E-state index is 14.7. The Balaban J connectivity index is 1.72. The van der Waals surface area contributed by atoms with Crippen LogP contribution in [0.3, 0.4) is 0 Å². The monoisotopic (exact) mass is 582 g/mol. The van der Waals surface area contributed by atoms with E-state index in [4.69, 9.17) is 0 Å². The SMILES string of the molecule is CC(C(=O)NC1CCCC1)N(Cc1ccccc1F)C(=O)CN(c1cccc([N+](=O)[O-])c1)S(=O)(=O)c1ccccc1. The highest BCUT2D eigenvalue weighted by molar-refractivity contribution is 7.92. The molecule has 0 radical (unpaired) electrons. The summed E-state index contributed by atoms with van der Waals surface area (Å²) in [7, 11) is -4.38. The highest BCUT2D eigenvalue weighted by atomic mass is 32.2. The molecule has 0 aromatic heterocycles. The topological polar surface area (TPSA) is 130 Å². The number of hydrogen-bond donors (Lipinski definition) is 1. The summed E-state index contributed by atoms with van der Waals surface area (Å²) in [5, 5.41) is 14.4. The molecule has 0 aliphatic heterocycles. The first-order chi connectivity index (χ1) is 19.6. The summed E-state index contributed by atoms with van der Waals surface area (Å²) in [6, 6.07) is 17.0. The van der Waals surface area contributed by atoms with E-state index in [9.17, 15) is 32.5 Å². The van der Waals surface area contributed by atoms with E-state index >= 15 is 0 Å². The van der Waals surface area contributed by atoms with Gasteiger partial charge in [0.1, 0.15) is 18.4 Å². The average Bonchev–Trinajstić information content (AvgIpc) is 3.48. The number of nitrogens with one attached hydrogen (secondary N) is 1. The van der Waals surface area contributed by atoms with Gasteiger partial charge in [-0.3, -0.25) is 24.0 Å². The number of non-ortho nitro benzene ring substituents is 1. The van der Waals surface area contributed by atoms with Crippen LogP contribution in [0.4, 0.5) is 15.8 Å². The van der Waals surface area contributed by atoms with Gasteiger partial charge in [-0.25, -0.2) is 12.8 Å². The summed E-state index contributed by atoms with van der Waals surface area (Å²) in [6.07, 6.45) is 3.59. The van der Waals surface area contributed by atoms with E-state index < -0.39 is 45.2 Å². The lowest BCUT2D eigenvalue weighted by atomic mass is 10.1. The van der Waals surface area contributed by atoms with Crippen LogP contribution in [0.15, 0.2) is 83.8 Å². The maximum atomic E-state index is 14.7. The van der Waals surface area contributed by atoms with E-state index in [1.807, 2.05) is 0 Å². The van der Waals surface area contributed by atoms with E-state index in [0.717, 1.165) is 41.0 Å². The van der Waals surface area contributed by atoms with Crippen molar-refractivity contribution in [2.75, 3.05) is 10.8 Å². The number of halogens is 1. The number of nitro benzene ring substituents is 1. The van der Waals surface area contributed by atoms with Crippen molar-refractivity contribution in [2.45, 2.75) is 56.1 Å². The average molecular weight is 583 g/mol. The summed E-state index contributed by atoms with van der Waals surface area (Å²) >= 11 is 0. The zero-order chi connectivity index (χ0) is 29.6. The molecule has 1 atom stereocenters. The smallest absolute Gasteiger partial charge is 0.271 e. The van der Waals surface area contributed by atoms with Gasteiger partial charge in [0.05, 0.1) is 15.5 Å². The van der Waals surface area contributed by atoms with Crippen molar-refractivity contribution in [1.29, 1.82) is 0 Å². The van der Waals surface area contributed by atoms with Crippen molar-refractivity contribution in [1.82, 2.24) is 10.2 Å². The number of anilines is 1. The van der Waals surface area contributed by atoms with E-state index in [0.29, 0.717) is 0 Å². The summed E-state index contributed by atoms with van der Waals surface area (Å²) in [5.74, 6) is -1.80. The molecule has 2 amide bonds. The third-order valence-corrected chi connectivity index (χ3v) is 8.89. The lowest BCUT2D eigenvalue weighted by Gasteiger charge is -2.32. The molecule has 0 heterocycles. The van der Waals surface area contributed by atoms with Crippen LogP contribution in [0.5, 0.6) is 0 Å². The predicted octanol–water partition coefficient (Wildman–Crippen LogP) is 4.41. The van der Waals surface area contributed by atoms with E-state index in [-0.39, 0.29) is 34.4 Å². The van der Waals surface area contributed by atoms with Crippen LogP contribution in [0.1, 0.15) is 38.2 Å². The van der Waals surface area contributed by atoms with Gasteiger partial charge in [0.25, 0.3) is 15.7 Å². The number of rotatable bonds is 11. The number of benzene rings is 3. The largest absolute Gasteiger partial charge is 0.352 e. The van der Waals surface area contributed by atoms with Gasteiger partial charge in [0.15, 0.2) is 0 Å². The van der Waals surface area contributed by atoms with Crippen LogP contribution >= 0.6 is 0 Å². The Morgan fingerprint density at radius 3 is 2.34 bits per heavy atom. The summed E-state index contributed by atoms with van der Waals surface area (Å²) in [4.78, 5) is 38.9. The van der Waals surface area contributed by atoms with Gasteiger partial charge in [0.2, 0.25) is 11.8 Å². The molecule has 3 aromatic carbocycles. The standard InChI is InChI=1S/C29H31FN4O6S/c1-21(29(36)31-23-11-6-7-12-23)32(19-22-10-5-8-17-27(22)30)28(35)20-33(24-13-9-14-25(18-24)34(37)38)41(39,40)26-15-3-2-4-16-26/h2-5,8-10,13-18,21,23H,6-7,11-12,19-20H2,1H3,(H,31,36). The molecule has 216 valence electrons. The van der Waals surface area contributed by atoms with Crippen molar-refractivity contribution >= 4 is 33.2 Å². The second-order valence-corrected chi connectivity index (χ2v) is 11.7. The molecule has 3 aromatic rings. The van der Waals surface area contributed by atoms with Gasteiger partial charge in [-0.15, -0.1) is 0 Å². The van der Waals surface area contributed by atoms with Crippen LogP contribution in [-0.4, -0.2) is 48.7 Å². The number of sulfonamides is 1. The molecule has 0 spiro atoms. The third-order valence-electron chi connectivity index (χ3n) is 7.11. The van der Waals surface area contributed by atoms with Gasteiger partial charge in [-0.1, -0.05) is 55.3 Å². The van der Waals surface area contributed by atoms with Crippen molar-refractivity contribution in [2.24, 2.45) is 0 Å². The zero-order valence-electron chi connectivity index (χ0n) is 22.5. The predicted molar refractivity (Wildman–Crippen MR) is 151 cm³/mol. The number of carbonyl (C=O) groups excluding carboxylic acids is 2. The molecular formula is C29H31FN4O6S. The Morgan fingerprint density at radius 2 is 1.68 bits per heavy atom. The second kappa shape index (κ2) is 12.9. The number of amides is 2. The lowest BCUT2D eigenvalue weighted by molar-refractivity contribution is -0.384. The van der Waals surface area contributed by atoms with Gasteiger partial charge < -0.3 is 10.2 Å². The molecular weight excluding hydrogens is 551 g/mol. The van der Waals surface area contributed by atoms with Crippen molar-refractivity contribution in [3.63, 3.8) is 0 Å². The first kappa shape index (κ1) is 29.7. The number of hydrogen-bond acceptors (Lipinski definition) is 6. The van der Waals surface area contributed by atoms with Gasteiger partial charge in [-0.05, 0) is 44.0 Å². The molecule has 4 rings (SSSR count). The Morgan fingerprint density at radius 1 is 1.02 bits per heavy atom. The van der Waals surface area contributed by atoms with E-state index in [1.54, 1.807) is 12.1 Å². The zero-order valence-corrected chi connectivity index (χ0v) is 23.3. The fraction of sp³-hybridized carbons (Fsp3) is 0.310. The Kier molecular flexibility index (Phi) is 9.33. The fourth-order valence-electron chi connectivity index (χ4n) is 4.79. The van der Waals surface area contributed by atoms with Crippen molar-refractivity contribution in [3.05, 3.63) is 100 Å². The first-order valence-corrected chi connectivity index (χ1v) is 14.7. The summed E-state index contributed by atoms with van der Waals surface area (Å²) in [5.41, 5.74) is -0.324. The molecule has 1 N–H and O–H groups in total. The molecule has 0 bridgehead atoms. The second-order valence-electron chi connectivity index (χ2n) is 9.88. The molecule has 41 heavy (non-hydrogen) atoms. The van der Waals surface area contributed by atoms with E-state index in [2.05, 4.69) is 5.32 Å². The van der Waals surface area contributed by atoms with Crippen LogP contribution in [-0.2, 0) is 26.2 Å². The number of nitrogens with zero attached hydrogens (tertiary/aromatic N) is 3. The lowest BCUT2D eigenvalue weighted by Crippen LogP contribution is -2.52. The van der Waals surface area contributed by atoms with Crippen LogP contribution < -0.4 is 9.62 Å². The molecule has 12 heteroatoms. The molecule has 1 fully saturated rings. The maximum Gasteiger partial charge on any atom is 0.271 e. The molecule has 1 saturated carbocycles. The van der Waals surface area contributed by atoms with Gasteiger partial charge in [-0.2, -0.15) is 0 Å². The van der Waals surface area contributed by atoms with E-state index in [1.165, 1.54) is 67.6 Å². The van der Waals surface area contributed by atoms with Gasteiger partial charge in [0, 0.05) is 30.3 Å².